The number of carbonyl (C=O) groups excluding carboxylic acids is 2. The van der Waals surface area contributed by atoms with Crippen molar-refractivity contribution in [3.63, 3.8) is 0 Å². The van der Waals surface area contributed by atoms with Gasteiger partial charge in [0.15, 0.2) is 0 Å². The fourth-order valence-electron chi connectivity index (χ4n) is 5.11. The van der Waals surface area contributed by atoms with Gasteiger partial charge in [0.2, 0.25) is 5.91 Å². The molecule has 2 fully saturated rings. The number of hydrogen-bond acceptors (Lipinski definition) is 5. The van der Waals surface area contributed by atoms with Gasteiger partial charge in [0.25, 0.3) is 0 Å². The van der Waals surface area contributed by atoms with Crippen LogP contribution in [-0.2, 0) is 9.53 Å². The van der Waals surface area contributed by atoms with Crippen LogP contribution in [0.4, 0.5) is 20.6 Å². The Kier molecular flexibility index (Phi) is 9.17. The van der Waals surface area contributed by atoms with E-state index >= 15 is 0 Å². The highest BCUT2D eigenvalue weighted by Crippen LogP contribution is 2.31. The van der Waals surface area contributed by atoms with Crippen LogP contribution in [0.2, 0.25) is 10.0 Å². The first kappa shape index (κ1) is 29.3. The lowest BCUT2D eigenvalue weighted by Gasteiger charge is -2.41. The lowest BCUT2D eigenvalue weighted by atomic mass is 10.0. The maximum atomic E-state index is 14.7. The molecular formula is C29H37Cl2FN4O3. The summed E-state index contributed by atoms with van der Waals surface area (Å²) in [5.41, 5.74) is 1.45. The standard InChI is InChI=1S/C29H37Cl2FN4O3/c1-19(22-10-8-20(30)17-23(22)31)33-25-18-21(9-11-24(25)32)34-13-15-35(16-14-34)27(37)26-7-5-6-12-36(26)28(38)39-29(2,3)4/h8-11,17-19,26,33H,5-7,12-16H2,1-4H3/t19?,26-/m1/s1. The number of ether oxygens (including phenoxy) is 1. The number of carbonyl (C=O) groups is 2. The van der Waals surface area contributed by atoms with Crippen molar-refractivity contribution in [3.05, 3.63) is 57.8 Å². The van der Waals surface area contributed by atoms with Crippen LogP contribution in [0.25, 0.3) is 0 Å². The van der Waals surface area contributed by atoms with Crippen LogP contribution in [0.1, 0.15) is 58.6 Å². The molecule has 2 amide bonds. The average molecular weight is 580 g/mol. The minimum atomic E-state index is -0.616. The van der Waals surface area contributed by atoms with Gasteiger partial charge in [-0.15, -0.1) is 0 Å². The van der Waals surface area contributed by atoms with E-state index in [-0.39, 0.29) is 17.8 Å². The third-order valence-electron chi connectivity index (χ3n) is 7.12. The summed E-state index contributed by atoms with van der Waals surface area (Å²) in [6.45, 7) is 10.2. The van der Waals surface area contributed by atoms with Crippen molar-refractivity contribution < 1.29 is 18.7 Å². The number of benzene rings is 2. The molecule has 1 N–H and O–H groups in total. The zero-order valence-electron chi connectivity index (χ0n) is 23.0. The van der Waals surface area contributed by atoms with Gasteiger partial charge in [0.1, 0.15) is 17.5 Å². The van der Waals surface area contributed by atoms with E-state index in [1.54, 1.807) is 29.2 Å². The molecule has 2 aliphatic rings. The lowest BCUT2D eigenvalue weighted by molar-refractivity contribution is -0.138. The van der Waals surface area contributed by atoms with Gasteiger partial charge in [0, 0.05) is 48.5 Å². The van der Waals surface area contributed by atoms with E-state index in [2.05, 4.69) is 10.2 Å². The number of anilines is 2. The Labute approximate surface area is 240 Å². The molecule has 2 aromatic rings. The van der Waals surface area contributed by atoms with E-state index in [4.69, 9.17) is 27.9 Å². The van der Waals surface area contributed by atoms with E-state index in [0.717, 1.165) is 24.1 Å². The van der Waals surface area contributed by atoms with Crippen LogP contribution < -0.4 is 10.2 Å². The summed E-state index contributed by atoms with van der Waals surface area (Å²) in [6, 6.07) is 9.52. The van der Waals surface area contributed by atoms with E-state index in [9.17, 15) is 14.0 Å². The Morgan fingerprint density at radius 2 is 1.74 bits per heavy atom. The minimum absolute atomic E-state index is 0.0321. The summed E-state index contributed by atoms with van der Waals surface area (Å²) in [4.78, 5) is 31.8. The smallest absolute Gasteiger partial charge is 0.410 e. The predicted molar refractivity (Wildman–Crippen MR) is 154 cm³/mol. The maximum absolute atomic E-state index is 14.7. The number of nitrogens with one attached hydrogen (secondary N) is 1. The summed E-state index contributed by atoms with van der Waals surface area (Å²) < 4.78 is 20.3. The number of amides is 2. The number of nitrogens with zero attached hydrogens (tertiary/aromatic N) is 3. The van der Waals surface area contributed by atoms with Crippen molar-refractivity contribution in [1.29, 1.82) is 0 Å². The first-order valence-corrected chi connectivity index (χ1v) is 14.2. The van der Waals surface area contributed by atoms with Crippen LogP contribution in [-0.4, -0.2) is 66.2 Å². The Morgan fingerprint density at radius 3 is 2.41 bits per heavy atom. The molecule has 0 aliphatic carbocycles. The van der Waals surface area contributed by atoms with Gasteiger partial charge in [0.05, 0.1) is 11.7 Å². The fraction of sp³-hybridized carbons (Fsp3) is 0.517. The van der Waals surface area contributed by atoms with Gasteiger partial charge in [-0.05, 0) is 82.9 Å². The molecule has 0 aromatic heterocycles. The Hall–Kier alpha value is -2.71. The molecule has 2 atom stereocenters. The van der Waals surface area contributed by atoms with Gasteiger partial charge in [-0.2, -0.15) is 0 Å². The molecule has 2 heterocycles. The van der Waals surface area contributed by atoms with Crippen LogP contribution in [0, 0.1) is 5.82 Å². The SMILES string of the molecule is CC(Nc1cc(N2CCN(C(=O)[C@H]3CCCCN3C(=O)OC(C)(C)C)CC2)ccc1F)c1ccc(Cl)cc1Cl. The van der Waals surface area contributed by atoms with E-state index in [1.807, 2.05) is 38.7 Å². The second kappa shape index (κ2) is 12.2. The Balaban J connectivity index is 1.39. The van der Waals surface area contributed by atoms with Crippen molar-refractivity contribution >= 4 is 46.6 Å². The minimum Gasteiger partial charge on any atom is -0.444 e. The van der Waals surface area contributed by atoms with Crippen molar-refractivity contribution in [2.75, 3.05) is 42.9 Å². The number of hydrogen-bond donors (Lipinski definition) is 1. The molecule has 2 aromatic carbocycles. The van der Waals surface area contributed by atoms with Crippen molar-refractivity contribution in [1.82, 2.24) is 9.80 Å². The predicted octanol–water partition coefficient (Wildman–Crippen LogP) is 6.74. The summed E-state index contributed by atoms with van der Waals surface area (Å²) in [6.07, 6.45) is 1.97. The molecule has 0 spiro atoms. The number of halogens is 3. The zero-order chi connectivity index (χ0) is 28.3. The molecule has 212 valence electrons. The second-order valence-electron chi connectivity index (χ2n) is 11.2. The first-order chi connectivity index (χ1) is 18.4. The van der Waals surface area contributed by atoms with Gasteiger partial charge in [-0.25, -0.2) is 9.18 Å². The topological polar surface area (TPSA) is 65.1 Å². The first-order valence-electron chi connectivity index (χ1n) is 13.5. The maximum Gasteiger partial charge on any atom is 0.410 e. The van der Waals surface area contributed by atoms with E-state index in [1.165, 1.54) is 6.07 Å². The van der Waals surface area contributed by atoms with Crippen molar-refractivity contribution in [2.24, 2.45) is 0 Å². The third-order valence-corrected chi connectivity index (χ3v) is 7.69. The monoisotopic (exact) mass is 578 g/mol. The molecule has 0 saturated carbocycles. The summed E-state index contributed by atoms with van der Waals surface area (Å²) in [7, 11) is 0. The lowest BCUT2D eigenvalue weighted by Crippen LogP contribution is -2.57. The summed E-state index contributed by atoms with van der Waals surface area (Å²) in [5.74, 6) is -0.389. The number of likely N-dealkylation sites (tertiary alicyclic amines) is 1. The van der Waals surface area contributed by atoms with E-state index in [0.29, 0.717) is 54.9 Å². The molecule has 39 heavy (non-hydrogen) atoms. The van der Waals surface area contributed by atoms with Gasteiger partial charge in [-0.1, -0.05) is 29.3 Å². The van der Waals surface area contributed by atoms with Crippen molar-refractivity contribution in [3.8, 4) is 0 Å². The number of rotatable bonds is 5. The molecule has 1 unspecified atom stereocenters. The van der Waals surface area contributed by atoms with Gasteiger partial charge >= 0.3 is 6.09 Å². The van der Waals surface area contributed by atoms with Gasteiger partial charge < -0.3 is 19.9 Å². The molecule has 2 aliphatic heterocycles. The second-order valence-corrected chi connectivity index (χ2v) is 12.0. The van der Waals surface area contributed by atoms with Crippen LogP contribution in [0.3, 0.4) is 0 Å². The molecule has 0 bridgehead atoms. The van der Waals surface area contributed by atoms with Gasteiger partial charge in [-0.3, -0.25) is 9.69 Å². The van der Waals surface area contributed by atoms with Crippen LogP contribution >= 0.6 is 23.2 Å². The summed E-state index contributed by atoms with van der Waals surface area (Å²) in [5, 5.41) is 4.29. The Bertz CT molecular complexity index is 1200. The highest BCUT2D eigenvalue weighted by molar-refractivity contribution is 6.35. The third kappa shape index (κ3) is 7.28. The molecule has 2 saturated heterocycles. The fourth-order valence-corrected chi connectivity index (χ4v) is 5.68. The molecule has 4 rings (SSSR count). The van der Waals surface area contributed by atoms with Crippen LogP contribution in [0.15, 0.2) is 36.4 Å². The van der Waals surface area contributed by atoms with E-state index < -0.39 is 17.7 Å². The van der Waals surface area contributed by atoms with Crippen LogP contribution in [0.5, 0.6) is 0 Å². The zero-order valence-corrected chi connectivity index (χ0v) is 24.5. The quantitative estimate of drug-likeness (QED) is 0.425. The largest absolute Gasteiger partial charge is 0.444 e. The highest BCUT2D eigenvalue weighted by atomic mass is 35.5. The number of piperazine rings is 1. The number of piperidine rings is 1. The average Bonchev–Trinajstić information content (AvgIpc) is 2.88. The molecular weight excluding hydrogens is 542 g/mol. The summed E-state index contributed by atoms with van der Waals surface area (Å²) >= 11 is 12.4. The van der Waals surface area contributed by atoms with Crippen molar-refractivity contribution in [2.45, 2.75) is 64.6 Å². The molecule has 10 heteroatoms. The Morgan fingerprint density at radius 1 is 1.03 bits per heavy atom. The molecule has 7 nitrogen and oxygen atoms in total. The normalized spacial score (nSPS) is 19.1. The highest BCUT2D eigenvalue weighted by Gasteiger charge is 2.37. The molecule has 0 radical (unpaired) electrons.